The number of carbonyl (C=O) groups excluding carboxylic acids is 9. The number of ketones is 1. The highest BCUT2D eigenvalue weighted by Crippen LogP contribution is 2.33. The van der Waals surface area contributed by atoms with Gasteiger partial charge in [-0.05, 0) is 107 Å². The molecule has 2 N–H and O–H groups in total. The van der Waals surface area contributed by atoms with Crippen LogP contribution in [-0.2, 0) is 70.2 Å². The molecule has 5 atom stereocenters. The molecule has 0 unspecified atom stereocenters. The molecule has 3 aromatic carbocycles. The maximum Gasteiger partial charge on any atom is 0.330 e. The number of rotatable bonds is 10. The van der Waals surface area contributed by atoms with E-state index >= 15 is 0 Å². The van der Waals surface area contributed by atoms with Gasteiger partial charge in [0.1, 0.15) is 42.6 Å². The minimum Gasteiger partial charge on any atom is -0.493 e. The van der Waals surface area contributed by atoms with Crippen molar-refractivity contribution in [2.24, 2.45) is 5.41 Å². The van der Waals surface area contributed by atoms with Crippen molar-refractivity contribution in [3.63, 3.8) is 0 Å². The van der Waals surface area contributed by atoms with Crippen LogP contribution in [0.25, 0.3) is 0 Å². The lowest BCUT2D eigenvalue weighted by Gasteiger charge is -2.36. The van der Waals surface area contributed by atoms with Crippen LogP contribution in [0.15, 0.2) is 84.9 Å². The van der Waals surface area contributed by atoms with Crippen LogP contribution < -0.4 is 24.8 Å². The number of aryl methyl sites for hydroxylation is 1. The molecule has 5 rings (SSSR count). The van der Waals surface area contributed by atoms with E-state index in [-0.39, 0.29) is 57.6 Å². The van der Waals surface area contributed by atoms with Crippen LogP contribution >= 0.6 is 0 Å². The molecule has 21 nitrogen and oxygen atoms in total. The van der Waals surface area contributed by atoms with E-state index in [1.54, 1.807) is 54.6 Å². The van der Waals surface area contributed by atoms with Crippen LogP contribution in [0, 0.1) is 5.41 Å². The van der Waals surface area contributed by atoms with Gasteiger partial charge in [0.15, 0.2) is 18.1 Å². The molecule has 2 heterocycles. The topological polar surface area (TPSA) is 246 Å². The zero-order valence-electron chi connectivity index (χ0n) is 46.8. The Labute approximate surface area is 462 Å². The van der Waals surface area contributed by atoms with Crippen molar-refractivity contribution >= 4 is 53.2 Å². The third kappa shape index (κ3) is 17.9. The number of piperidine rings is 1. The molecule has 0 spiro atoms. The Morgan fingerprint density at radius 1 is 0.747 bits per heavy atom. The molecular formula is C58H76N6O15. The van der Waals surface area contributed by atoms with Crippen molar-refractivity contribution in [2.45, 2.75) is 102 Å². The lowest BCUT2D eigenvalue weighted by Crippen LogP contribution is -2.58. The molecule has 1 saturated heterocycles. The van der Waals surface area contributed by atoms with E-state index in [4.69, 9.17) is 28.4 Å². The van der Waals surface area contributed by atoms with Crippen molar-refractivity contribution in [3.8, 4) is 17.2 Å². The third-order valence-corrected chi connectivity index (χ3v) is 13.8. The van der Waals surface area contributed by atoms with Gasteiger partial charge in [-0.3, -0.25) is 33.6 Å². The molecule has 2 aliphatic rings. The SMILES string of the molecule is COCC[C@@H]1NC(=O)[C@H](Cc2ccccc2)N(C)C(=O)[C@@H](C)NC(=O)CN(C)C(=O)COc2cccc(c2)[C@@H](CCc2ccc(OC)c(OC)c2)OC(=O)[C@@H]2CCCCN2C(=O)C(=O)C(C)(C)COC(=O)C=CCCN(C)C1=O. The molecular weight excluding hydrogens is 1020 g/mol. The highest BCUT2D eigenvalue weighted by Gasteiger charge is 2.43. The number of nitrogens with one attached hydrogen (secondary N) is 2. The number of benzene rings is 3. The number of fused-ring (bicyclic) bond motifs is 3. The van der Waals surface area contributed by atoms with Gasteiger partial charge in [0.05, 0.1) is 26.2 Å². The number of hydrogen-bond donors (Lipinski definition) is 2. The first kappa shape index (κ1) is 62.0. The first-order valence-corrected chi connectivity index (χ1v) is 26.4. The number of nitrogens with zero attached hydrogens (tertiary/aromatic N) is 4. The van der Waals surface area contributed by atoms with Gasteiger partial charge < -0.3 is 58.7 Å². The summed E-state index contributed by atoms with van der Waals surface area (Å²) in [5, 5.41) is 5.45. The predicted molar refractivity (Wildman–Crippen MR) is 289 cm³/mol. The van der Waals surface area contributed by atoms with E-state index in [2.05, 4.69) is 10.6 Å². The van der Waals surface area contributed by atoms with Gasteiger partial charge in [-0.25, -0.2) is 9.59 Å². The van der Waals surface area contributed by atoms with Crippen molar-refractivity contribution in [1.29, 1.82) is 0 Å². The zero-order valence-corrected chi connectivity index (χ0v) is 46.8. The highest BCUT2D eigenvalue weighted by atomic mass is 16.5. The van der Waals surface area contributed by atoms with Crippen LogP contribution in [0.2, 0.25) is 0 Å². The molecule has 6 amide bonds. The number of likely N-dealkylation sites (N-methyl/N-ethyl adjacent to an activating group) is 3. The Bertz CT molecular complexity index is 2660. The molecule has 79 heavy (non-hydrogen) atoms. The lowest BCUT2D eigenvalue weighted by atomic mass is 9.87. The number of ether oxygens (including phenoxy) is 6. The van der Waals surface area contributed by atoms with Gasteiger partial charge in [-0.1, -0.05) is 54.6 Å². The molecule has 2 aliphatic heterocycles. The molecule has 1 fully saturated rings. The Kier molecular flexibility index (Phi) is 23.4. The summed E-state index contributed by atoms with van der Waals surface area (Å²) < 4.78 is 33.9. The third-order valence-electron chi connectivity index (χ3n) is 13.8. The summed E-state index contributed by atoms with van der Waals surface area (Å²) >= 11 is 0. The first-order chi connectivity index (χ1) is 37.7. The quantitative estimate of drug-likeness (QED) is 0.217. The van der Waals surface area contributed by atoms with E-state index in [9.17, 15) is 43.2 Å². The summed E-state index contributed by atoms with van der Waals surface area (Å²) in [6, 6.07) is 16.5. The molecule has 3 aromatic rings. The van der Waals surface area contributed by atoms with E-state index in [0.29, 0.717) is 36.3 Å². The second-order valence-corrected chi connectivity index (χ2v) is 20.3. The fraction of sp³-hybridized carbons (Fsp3) is 0.500. The largest absolute Gasteiger partial charge is 0.493 e. The average molecular weight is 1100 g/mol. The summed E-state index contributed by atoms with van der Waals surface area (Å²) in [4.78, 5) is 129. The van der Waals surface area contributed by atoms with Gasteiger partial charge in [-0.2, -0.15) is 0 Å². The summed E-state index contributed by atoms with van der Waals surface area (Å²) in [5.41, 5.74) is 0.564. The monoisotopic (exact) mass is 1100 g/mol. The van der Waals surface area contributed by atoms with Crippen LogP contribution in [0.3, 0.4) is 0 Å². The number of carbonyl (C=O) groups is 9. The number of cyclic esters (lactones) is 2. The second-order valence-electron chi connectivity index (χ2n) is 20.3. The normalized spacial score (nSPS) is 22.4. The maximum atomic E-state index is 14.4. The fourth-order valence-corrected chi connectivity index (χ4v) is 9.05. The average Bonchev–Trinajstić information content (AvgIpc) is 3.45. The highest BCUT2D eigenvalue weighted by molar-refractivity contribution is 6.38. The molecule has 428 valence electrons. The first-order valence-electron chi connectivity index (χ1n) is 26.4. The van der Waals surface area contributed by atoms with E-state index in [1.807, 2.05) is 18.2 Å². The smallest absolute Gasteiger partial charge is 0.330 e. The van der Waals surface area contributed by atoms with Crippen LogP contribution in [-0.4, -0.2) is 179 Å². The Morgan fingerprint density at radius 2 is 1.48 bits per heavy atom. The summed E-state index contributed by atoms with van der Waals surface area (Å²) in [6.45, 7) is 3.31. The number of methoxy groups -OCH3 is 3. The summed E-state index contributed by atoms with van der Waals surface area (Å²) in [5.74, 6) is -5.03. The van der Waals surface area contributed by atoms with Gasteiger partial charge in [0, 0.05) is 60.4 Å². The number of hydrogen-bond acceptors (Lipinski definition) is 15. The molecule has 0 saturated carbocycles. The van der Waals surface area contributed by atoms with Crippen molar-refractivity contribution < 1.29 is 71.6 Å². The van der Waals surface area contributed by atoms with Gasteiger partial charge >= 0.3 is 11.9 Å². The second kappa shape index (κ2) is 29.8. The number of amides is 6. The van der Waals surface area contributed by atoms with Crippen molar-refractivity contribution in [1.82, 2.24) is 30.2 Å². The molecule has 0 aliphatic carbocycles. The molecule has 0 aromatic heterocycles. The van der Waals surface area contributed by atoms with Gasteiger partial charge in [-0.15, -0.1) is 0 Å². The maximum absolute atomic E-state index is 14.4. The summed E-state index contributed by atoms with van der Waals surface area (Å²) in [6.07, 6.45) is 4.01. The van der Waals surface area contributed by atoms with E-state index in [0.717, 1.165) is 22.1 Å². The summed E-state index contributed by atoms with van der Waals surface area (Å²) in [7, 11) is 8.86. The zero-order chi connectivity index (χ0) is 57.8. The Hall–Kier alpha value is -7.81. The van der Waals surface area contributed by atoms with Crippen LogP contribution in [0.1, 0.15) is 82.1 Å². The Morgan fingerprint density at radius 3 is 2.19 bits per heavy atom. The number of esters is 2. The molecule has 21 heteroatoms. The van der Waals surface area contributed by atoms with Crippen LogP contribution in [0.5, 0.6) is 17.2 Å². The predicted octanol–water partition coefficient (Wildman–Crippen LogP) is 3.79. The molecule has 0 radical (unpaired) electrons. The fourth-order valence-electron chi connectivity index (χ4n) is 9.05. The standard InChI is InChI=1S/C58H76N6O15/c1-38-54(70)63(6)45(32-39-18-11-10-12-19-39)53(69)60-43(28-31-74-7)55(71)61(4)29-15-14-23-51(67)78-37-58(2,3)52(68)56(72)64-30-16-13-22-44(64)57(73)79-46(26-24-40-25-27-47(75-8)48(33-40)76-9)41-20-17-21-42(34-41)77-36-50(66)62(5)35-49(65)59-38/h10-12,14,17-21,23,25,27,33-34,38,43-46H,13,15-16,22,24,26,28-32,35-37H2,1-9H3,(H,59,65)(H,60,69)/t38-,43+,44+,45+,46-/m1/s1. The van der Waals surface area contributed by atoms with Gasteiger partial charge in [0.25, 0.3) is 11.8 Å². The number of Topliss-reactive ketones (excluding diaryl/α,β-unsaturated/α-hetero) is 1. The minimum absolute atomic E-state index is 0.0589. The van der Waals surface area contributed by atoms with Crippen molar-refractivity contribution in [2.75, 3.05) is 81.9 Å². The van der Waals surface area contributed by atoms with Gasteiger partial charge in [0.2, 0.25) is 29.4 Å². The lowest BCUT2D eigenvalue weighted by molar-refractivity contribution is -0.165. The van der Waals surface area contributed by atoms with Crippen LogP contribution in [0.4, 0.5) is 0 Å². The Balaban J connectivity index is 1.43. The van der Waals surface area contributed by atoms with Crippen molar-refractivity contribution in [3.05, 3.63) is 102 Å². The van der Waals surface area contributed by atoms with E-state index in [1.165, 1.54) is 84.0 Å². The minimum atomic E-state index is -1.50. The molecule has 2 bridgehead atoms. The van der Waals surface area contributed by atoms with E-state index < -0.39 is 109 Å².